The number of ketones is 1. The van der Waals surface area contributed by atoms with E-state index in [1.807, 2.05) is 13.0 Å². The van der Waals surface area contributed by atoms with Crippen molar-refractivity contribution in [1.29, 1.82) is 0 Å². The molecule has 0 saturated heterocycles. The second kappa shape index (κ2) is 7.35. The number of nitrogens with zero attached hydrogens (tertiary/aromatic N) is 2. The summed E-state index contributed by atoms with van der Waals surface area (Å²) < 4.78 is 17.7. The molecule has 3 aromatic rings. The molecule has 0 aliphatic carbocycles. The standard InChI is InChI=1S/C18H20N2O4S/c1-11-7-13-8-14(17(21)12-5-6-15(22-2)19-9-12)25-18(13)20(11)10-16(23-3)24-4/h5-9,16H,10H2,1-4H3. The van der Waals surface area contributed by atoms with E-state index in [1.54, 1.807) is 33.5 Å². The smallest absolute Gasteiger partial charge is 0.212 e. The van der Waals surface area contributed by atoms with Crippen LogP contribution in [0.1, 0.15) is 20.9 Å². The van der Waals surface area contributed by atoms with Gasteiger partial charge in [-0.15, -0.1) is 11.3 Å². The molecule has 3 rings (SSSR count). The molecule has 3 aromatic heterocycles. The Morgan fingerprint density at radius 1 is 1.24 bits per heavy atom. The molecule has 0 bridgehead atoms. The normalized spacial score (nSPS) is 11.4. The second-order valence-electron chi connectivity index (χ2n) is 5.59. The van der Waals surface area contributed by atoms with Gasteiger partial charge in [-0.05, 0) is 25.1 Å². The van der Waals surface area contributed by atoms with Crippen LogP contribution in [0.5, 0.6) is 5.88 Å². The highest BCUT2D eigenvalue weighted by atomic mass is 32.1. The molecule has 0 unspecified atom stereocenters. The summed E-state index contributed by atoms with van der Waals surface area (Å²) >= 11 is 1.46. The molecule has 0 aromatic carbocycles. The summed E-state index contributed by atoms with van der Waals surface area (Å²) in [6.45, 7) is 2.60. The van der Waals surface area contributed by atoms with Gasteiger partial charge in [0.25, 0.3) is 0 Å². The highest BCUT2D eigenvalue weighted by Crippen LogP contribution is 2.31. The van der Waals surface area contributed by atoms with Gasteiger partial charge in [0, 0.05) is 43.1 Å². The molecule has 6 nitrogen and oxygen atoms in total. The van der Waals surface area contributed by atoms with Crippen molar-refractivity contribution in [2.75, 3.05) is 21.3 Å². The van der Waals surface area contributed by atoms with Gasteiger partial charge in [-0.25, -0.2) is 4.98 Å². The summed E-state index contributed by atoms with van der Waals surface area (Å²) in [7, 11) is 4.78. The van der Waals surface area contributed by atoms with Crippen LogP contribution in [0.25, 0.3) is 10.2 Å². The molecule has 0 radical (unpaired) electrons. The number of carbonyl (C=O) groups is 1. The number of aryl methyl sites for hydroxylation is 1. The van der Waals surface area contributed by atoms with Crippen molar-refractivity contribution >= 4 is 27.3 Å². The second-order valence-corrected chi connectivity index (χ2v) is 6.62. The van der Waals surface area contributed by atoms with Crippen LogP contribution in [0.15, 0.2) is 30.5 Å². The van der Waals surface area contributed by atoms with E-state index in [0.717, 1.165) is 15.9 Å². The predicted molar refractivity (Wildman–Crippen MR) is 96.6 cm³/mol. The first kappa shape index (κ1) is 17.6. The van der Waals surface area contributed by atoms with E-state index in [1.165, 1.54) is 17.5 Å². The number of methoxy groups -OCH3 is 3. The third-order valence-electron chi connectivity index (χ3n) is 4.06. The SMILES string of the molecule is COc1ccc(C(=O)c2cc3cc(C)n(CC(OC)OC)c3s2)cn1. The first-order valence-corrected chi connectivity index (χ1v) is 8.59. The largest absolute Gasteiger partial charge is 0.481 e. The first-order valence-electron chi connectivity index (χ1n) is 7.77. The van der Waals surface area contributed by atoms with Crippen LogP contribution in [0.3, 0.4) is 0 Å². The molecule has 0 spiro atoms. The van der Waals surface area contributed by atoms with Gasteiger partial charge in [0.05, 0.1) is 18.5 Å². The van der Waals surface area contributed by atoms with Crippen LogP contribution in [0, 0.1) is 6.92 Å². The molecule has 0 saturated carbocycles. The molecule has 0 fully saturated rings. The molecular weight excluding hydrogens is 340 g/mol. The lowest BCUT2D eigenvalue weighted by molar-refractivity contribution is -0.110. The Bertz CT molecular complexity index is 879. The molecule has 0 aliphatic heterocycles. The maximum Gasteiger partial charge on any atom is 0.212 e. The van der Waals surface area contributed by atoms with E-state index in [2.05, 4.69) is 15.6 Å². The van der Waals surface area contributed by atoms with E-state index in [-0.39, 0.29) is 12.1 Å². The van der Waals surface area contributed by atoms with Gasteiger partial charge in [0.1, 0.15) is 4.83 Å². The zero-order chi connectivity index (χ0) is 18.0. The topological polar surface area (TPSA) is 62.6 Å². The highest BCUT2D eigenvalue weighted by Gasteiger charge is 2.18. The summed E-state index contributed by atoms with van der Waals surface area (Å²) in [5.41, 5.74) is 1.64. The van der Waals surface area contributed by atoms with Crippen LogP contribution in [-0.2, 0) is 16.0 Å². The van der Waals surface area contributed by atoms with E-state index >= 15 is 0 Å². The maximum atomic E-state index is 12.7. The quantitative estimate of drug-likeness (QED) is 0.478. The lowest BCUT2D eigenvalue weighted by Gasteiger charge is -2.15. The molecule has 0 atom stereocenters. The minimum absolute atomic E-state index is 0.0458. The number of hydrogen-bond donors (Lipinski definition) is 0. The number of rotatable bonds is 7. The monoisotopic (exact) mass is 360 g/mol. The Labute approximate surface area is 150 Å². The van der Waals surface area contributed by atoms with Crippen LogP contribution >= 0.6 is 11.3 Å². The lowest BCUT2D eigenvalue weighted by atomic mass is 10.1. The van der Waals surface area contributed by atoms with Gasteiger partial charge >= 0.3 is 0 Å². The van der Waals surface area contributed by atoms with Gasteiger partial charge in [-0.3, -0.25) is 4.79 Å². The molecule has 0 N–H and O–H groups in total. The number of fused-ring (bicyclic) bond motifs is 1. The van der Waals surface area contributed by atoms with Crippen molar-refractivity contribution in [1.82, 2.24) is 9.55 Å². The summed E-state index contributed by atoms with van der Waals surface area (Å²) in [6.07, 6.45) is 1.21. The maximum absolute atomic E-state index is 12.7. The highest BCUT2D eigenvalue weighted by molar-refractivity contribution is 7.20. The van der Waals surface area contributed by atoms with Crippen molar-refractivity contribution in [2.45, 2.75) is 19.8 Å². The van der Waals surface area contributed by atoms with Crippen LogP contribution < -0.4 is 4.74 Å². The number of carbonyl (C=O) groups excluding carboxylic acids is 1. The fourth-order valence-corrected chi connectivity index (χ4v) is 3.85. The van der Waals surface area contributed by atoms with Gasteiger partial charge in [-0.1, -0.05) is 0 Å². The minimum Gasteiger partial charge on any atom is -0.481 e. The first-order chi connectivity index (χ1) is 12.1. The van der Waals surface area contributed by atoms with Crippen molar-refractivity contribution in [3.63, 3.8) is 0 Å². The number of thiophene rings is 1. The zero-order valence-electron chi connectivity index (χ0n) is 14.6. The molecular formula is C18H20N2O4S. The summed E-state index contributed by atoms with van der Waals surface area (Å²) in [4.78, 5) is 18.5. The Morgan fingerprint density at radius 2 is 2.00 bits per heavy atom. The Balaban J connectivity index is 1.92. The Kier molecular flexibility index (Phi) is 5.17. The van der Waals surface area contributed by atoms with Crippen molar-refractivity contribution < 1.29 is 19.0 Å². The zero-order valence-corrected chi connectivity index (χ0v) is 15.4. The minimum atomic E-state index is -0.332. The summed E-state index contributed by atoms with van der Waals surface area (Å²) in [5.74, 6) is 0.440. The fraction of sp³-hybridized carbons (Fsp3) is 0.333. The summed E-state index contributed by atoms with van der Waals surface area (Å²) in [5, 5.41) is 1.04. The summed E-state index contributed by atoms with van der Waals surface area (Å²) in [6, 6.07) is 7.40. The molecule has 3 heterocycles. The average molecular weight is 360 g/mol. The number of pyridine rings is 1. The Hall–Kier alpha value is -2.22. The van der Waals surface area contributed by atoms with Gasteiger partial charge in [-0.2, -0.15) is 0 Å². The third kappa shape index (κ3) is 3.44. The van der Waals surface area contributed by atoms with E-state index in [9.17, 15) is 4.79 Å². The molecule has 7 heteroatoms. The number of hydrogen-bond acceptors (Lipinski definition) is 6. The van der Waals surface area contributed by atoms with Crippen LogP contribution in [0.2, 0.25) is 0 Å². The average Bonchev–Trinajstić information content (AvgIpc) is 3.17. The molecule has 25 heavy (non-hydrogen) atoms. The molecule has 0 aliphatic rings. The predicted octanol–water partition coefficient (Wildman–Crippen LogP) is 3.26. The lowest BCUT2D eigenvalue weighted by Crippen LogP contribution is -2.20. The van der Waals surface area contributed by atoms with Crippen molar-refractivity contribution in [3.05, 3.63) is 46.6 Å². The van der Waals surface area contributed by atoms with Gasteiger partial charge in [0.15, 0.2) is 6.29 Å². The van der Waals surface area contributed by atoms with E-state index < -0.39 is 0 Å². The van der Waals surface area contributed by atoms with Crippen molar-refractivity contribution in [3.8, 4) is 5.88 Å². The fourth-order valence-electron chi connectivity index (χ4n) is 2.68. The van der Waals surface area contributed by atoms with Crippen molar-refractivity contribution in [2.24, 2.45) is 0 Å². The molecule has 132 valence electrons. The third-order valence-corrected chi connectivity index (χ3v) is 5.24. The van der Waals surface area contributed by atoms with E-state index in [0.29, 0.717) is 22.9 Å². The molecule has 0 amide bonds. The van der Waals surface area contributed by atoms with E-state index in [4.69, 9.17) is 14.2 Å². The Morgan fingerprint density at radius 3 is 2.60 bits per heavy atom. The van der Waals surface area contributed by atoms with Gasteiger partial charge in [0.2, 0.25) is 11.7 Å². The van der Waals surface area contributed by atoms with Crippen LogP contribution in [-0.4, -0.2) is 43.0 Å². The van der Waals surface area contributed by atoms with Crippen LogP contribution in [0.4, 0.5) is 0 Å². The van der Waals surface area contributed by atoms with Gasteiger partial charge < -0.3 is 18.8 Å². The number of aromatic nitrogens is 2. The number of ether oxygens (including phenoxy) is 3.